The first-order chi connectivity index (χ1) is 9.80. The Morgan fingerprint density at radius 3 is 1.95 bits per heavy atom. The number of fused-ring (bicyclic) bond motifs is 1. The van der Waals surface area contributed by atoms with Crippen molar-refractivity contribution in [2.24, 2.45) is 0 Å². The predicted molar refractivity (Wildman–Crippen MR) is 74.1 cm³/mol. The average molecular weight is 523 g/mol. The molecule has 0 saturated carbocycles. The number of nitrogens with zero attached hydrogens (tertiary/aromatic N) is 1. The number of hydrogen-bond acceptors (Lipinski definition) is 1. The summed E-state index contributed by atoms with van der Waals surface area (Å²) in [5.74, 6) is -13.6. The van der Waals surface area contributed by atoms with Crippen molar-refractivity contribution in [2.75, 3.05) is 0 Å². The van der Waals surface area contributed by atoms with Gasteiger partial charge in [0.25, 0.3) is 0 Å². The van der Waals surface area contributed by atoms with Crippen molar-refractivity contribution >= 4 is 58.8 Å². The standard InChI is InChI=1S/C10H2Br3F7N2/c11-2-1-3(12)5-6(4(2)13)22-7(21-5)8(14,15)9(16,17)10(18,19)20/h1H,(H,21,22). The molecular formula is C10H2Br3F7N2. The summed E-state index contributed by atoms with van der Waals surface area (Å²) in [7, 11) is 0. The molecule has 2 aromatic rings. The van der Waals surface area contributed by atoms with Gasteiger partial charge in [-0.3, -0.25) is 0 Å². The topological polar surface area (TPSA) is 28.7 Å². The van der Waals surface area contributed by atoms with Crippen molar-refractivity contribution in [3.8, 4) is 0 Å². The Labute approximate surface area is 142 Å². The zero-order valence-electron chi connectivity index (χ0n) is 9.80. The first-order valence-corrected chi connectivity index (χ1v) is 7.54. The molecule has 0 saturated heterocycles. The van der Waals surface area contributed by atoms with Crippen LogP contribution in [0.1, 0.15) is 5.82 Å². The maximum Gasteiger partial charge on any atom is 0.460 e. The molecule has 0 radical (unpaired) electrons. The molecule has 2 rings (SSSR count). The van der Waals surface area contributed by atoms with Crippen LogP contribution in [0.25, 0.3) is 11.0 Å². The minimum Gasteiger partial charge on any atom is -0.336 e. The molecule has 0 amide bonds. The smallest absolute Gasteiger partial charge is 0.336 e. The van der Waals surface area contributed by atoms with Crippen molar-refractivity contribution in [1.82, 2.24) is 9.97 Å². The summed E-state index contributed by atoms with van der Waals surface area (Å²) >= 11 is 9.01. The fourth-order valence-electron chi connectivity index (χ4n) is 1.54. The van der Waals surface area contributed by atoms with Crippen LogP contribution < -0.4 is 0 Å². The van der Waals surface area contributed by atoms with Crippen LogP contribution in [0.4, 0.5) is 30.7 Å². The minimum atomic E-state index is -6.43. The van der Waals surface area contributed by atoms with Crippen LogP contribution in [-0.4, -0.2) is 22.1 Å². The molecule has 0 spiro atoms. The second kappa shape index (κ2) is 5.33. The molecule has 0 aliphatic heterocycles. The largest absolute Gasteiger partial charge is 0.460 e. The lowest BCUT2D eigenvalue weighted by molar-refractivity contribution is -0.361. The number of aromatic nitrogens is 2. The van der Waals surface area contributed by atoms with Gasteiger partial charge in [-0.1, -0.05) is 0 Å². The number of imidazole rings is 1. The van der Waals surface area contributed by atoms with E-state index in [-0.39, 0.29) is 20.0 Å². The maximum absolute atomic E-state index is 13.6. The van der Waals surface area contributed by atoms with Crippen molar-refractivity contribution in [3.05, 3.63) is 25.3 Å². The first-order valence-electron chi connectivity index (χ1n) is 5.16. The van der Waals surface area contributed by atoms with Gasteiger partial charge in [0, 0.05) is 8.95 Å². The van der Waals surface area contributed by atoms with Crippen molar-refractivity contribution in [1.29, 1.82) is 0 Å². The van der Waals surface area contributed by atoms with E-state index >= 15 is 0 Å². The predicted octanol–water partition coefficient (Wildman–Crippen LogP) is 6.14. The van der Waals surface area contributed by atoms with E-state index in [1.807, 2.05) is 4.98 Å². The van der Waals surface area contributed by atoms with Gasteiger partial charge >= 0.3 is 18.0 Å². The molecule has 22 heavy (non-hydrogen) atoms. The van der Waals surface area contributed by atoms with Crippen molar-refractivity contribution in [3.63, 3.8) is 0 Å². The highest BCUT2D eigenvalue weighted by molar-refractivity contribution is 9.13. The Hall–Kier alpha value is -0.360. The lowest BCUT2D eigenvalue weighted by Crippen LogP contribution is -2.50. The zero-order valence-corrected chi connectivity index (χ0v) is 14.6. The van der Waals surface area contributed by atoms with E-state index in [9.17, 15) is 30.7 Å². The molecule has 1 aromatic heterocycles. The van der Waals surface area contributed by atoms with Gasteiger partial charge in [0.05, 0.1) is 9.99 Å². The molecule has 122 valence electrons. The summed E-state index contributed by atoms with van der Waals surface area (Å²) in [6, 6.07) is 1.37. The second-order valence-electron chi connectivity index (χ2n) is 4.11. The van der Waals surface area contributed by atoms with Gasteiger partial charge in [-0.15, -0.1) is 0 Å². The van der Waals surface area contributed by atoms with E-state index in [0.29, 0.717) is 4.47 Å². The van der Waals surface area contributed by atoms with Gasteiger partial charge in [0.1, 0.15) is 5.52 Å². The van der Waals surface area contributed by atoms with Crippen LogP contribution in [-0.2, 0) is 5.92 Å². The van der Waals surface area contributed by atoms with Crippen LogP contribution in [0.2, 0.25) is 0 Å². The minimum absolute atomic E-state index is 0.131. The number of H-pyrrole nitrogens is 1. The third-order valence-electron chi connectivity index (χ3n) is 2.66. The number of halogens is 10. The molecule has 0 fully saturated rings. The third kappa shape index (κ3) is 2.56. The first kappa shape index (κ1) is 18.0. The SMILES string of the molecule is FC(F)(F)C(F)(F)C(F)(F)c1nc2c(Br)cc(Br)c(Br)c2[nH]1. The lowest BCUT2D eigenvalue weighted by Gasteiger charge is -2.26. The highest BCUT2D eigenvalue weighted by atomic mass is 79.9. The summed E-state index contributed by atoms with van der Waals surface area (Å²) in [4.78, 5) is 5.00. The zero-order chi connectivity index (χ0) is 17.1. The number of alkyl halides is 7. The van der Waals surface area contributed by atoms with E-state index in [1.54, 1.807) is 0 Å². The van der Waals surface area contributed by atoms with Crippen LogP contribution in [0, 0.1) is 0 Å². The second-order valence-corrected chi connectivity index (χ2v) is 6.61. The number of nitrogens with one attached hydrogen (secondary N) is 1. The molecule has 1 N–H and O–H groups in total. The Morgan fingerprint density at radius 1 is 0.909 bits per heavy atom. The summed E-state index contributed by atoms with van der Waals surface area (Å²) in [6.45, 7) is 0. The quantitative estimate of drug-likeness (QED) is 0.372. The van der Waals surface area contributed by atoms with Gasteiger partial charge in [0.2, 0.25) is 0 Å². The Morgan fingerprint density at radius 2 is 1.45 bits per heavy atom. The highest BCUT2D eigenvalue weighted by Crippen LogP contribution is 2.51. The number of benzene rings is 1. The van der Waals surface area contributed by atoms with Crippen LogP contribution >= 0.6 is 47.8 Å². The normalized spacial score (nSPS) is 13.9. The van der Waals surface area contributed by atoms with E-state index in [0.717, 1.165) is 0 Å². The number of hydrogen-bond donors (Lipinski definition) is 1. The van der Waals surface area contributed by atoms with Gasteiger partial charge < -0.3 is 4.98 Å². The number of rotatable bonds is 2. The Kier molecular flexibility index (Phi) is 4.36. The van der Waals surface area contributed by atoms with Crippen LogP contribution in [0.5, 0.6) is 0 Å². The molecule has 12 heteroatoms. The summed E-state index contributed by atoms with van der Waals surface area (Å²) in [5.41, 5.74) is -0.378. The monoisotopic (exact) mass is 520 g/mol. The molecule has 0 aliphatic carbocycles. The Bertz CT molecular complexity index is 738. The third-order valence-corrected chi connectivity index (χ3v) is 5.25. The Balaban J connectivity index is 2.70. The van der Waals surface area contributed by atoms with Crippen molar-refractivity contribution in [2.45, 2.75) is 18.0 Å². The molecular weight excluding hydrogens is 521 g/mol. The maximum atomic E-state index is 13.6. The van der Waals surface area contributed by atoms with E-state index < -0.39 is 23.8 Å². The number of aromatic amines is 1. The van der Waals surface area contributed by atoms with Gasteiger partial charge in [0.15, 0.2) is 5.82 Å². The van der Waals surface area contributed by atoms with E-state index in [4.69, 9.17) is 0 Å². The van der Waals surface area contributed by atoms with E-state index in [1.165, 1.54) is 6.07 Å². The summed E-state index contributed by atoms with van der Waals surface area (Å²) in [6.07, 6.45) is -6.43. The lowest BCUT2D eigenvalue weighted by atomic mass is 10.1. The van der Waals surface area contributed by atoms with Gasteiger partial charge in [-0.05, 0) is 53.9 Å². The fourth-order valence-corrected chi connectivity index (χ4v) is 3.19. The molecule has 1 heterocycles. The molecule has 0 aliphatic rings. The van der Waals surface area contributed by atoms with Crippen molar-refractivity contribution < 1.29 is 30.7 Å². The van der Waals surface area contributed by atoms with Crippen LogP contribution in [0.3, 0.4) is 0 Å². The molecule has 0 unspecified atom stereocenters. The summed E-state index contributed by atoms with van der Waals surface area (Å²) < 4.78 is 90.5. The fraction of sp³-hybridized carbons (Fsp3) is 0.300. The summed E-state index contributed by atoms with van der Waals surface area (Å²) in [5, 5.41) is 0. The molecule has 1 aromatic carbocycles. The van der Waals surface area contributed by atoms with Crippen LogP contribution in [0.15, 0.2) is 19.5 Å². The molecule has 0 bridgehead atoms. The highest BCUT2D eigenvalue weighted by Gasteiger charge is 2.74. The van der Waals surface area contributed by atoms with E-state index in [2.05, 4.69) is 52.8 Å². The molecule has 0 atom stereocenters. The van der Waals surface area contributed by atoms with Gasteiger partial charge in [-0.2, -0.15) is 30.7 Å². The average Bonchev–Trinajstić information content (AvgIpc) is 2.80. The van der Waals surface area contributed by atoms with Gasteiger partial charge in [-0.25, -0.2) is 4.98 Å². The molecule has 2 nitrogen and oxygen atoms in total.